The van der Waals surface area contributed by atoms with Gasteiger partial charge in [-0.3, -0.25) is 4.79 Å². The Labute approximate surface area is 79.0 Å². The molecule has 0 aromatic heterocycles. The molecule has 0 saturated carbocycles. The minimum atomic E-state index is 0.301. The third kappa shape index (κ3) is 1.57. The first-order valence-corrected chi connectivity index (χ1v) is 5.11. The molecular formula is C10H17NO2. The molecule has 2 saturated heterocycles. The Morgan fingerprint density at radius 2 is 2.00 bits per heavy atom. The van der Waals surface area contributed by atoms with Crippen LogP contribution in [0.3, 0.4) is 0 Å². The summed E-state index contributed by atoms with van der Waals surface area (Å²) in [5.74, 6) is 0.301. The number of piperidine rings is 1. The van der Waals surface area contributed by atoms with Crippen molar-refractivity contribution < 1.29 is 9.53 Å². The molecule has 13 heavy (non-hydrogen) atoms. The van der Waals surface area contributed by atoms with E-state index >= 15 is 0 Å². The monoisotopic (exact) mass is 183 g/mol. The zero-order valence-corrected chi connectivity index (χ0v) is 8.21. The van der Waals surface area contributed by atoms with Gasteiger partial charge in [0.25, 0.3) is 0 Å². The van der Waals surface area contributed by atoms with Gasteiger partial charge >= 0.3 is 0 Å². The fourth-order valence-electron chi connectivity index (χ4n) is 2.13. The van der Waals surface area contributed by atoms with Crippen LogP contribution in [-0.2, 0) is 9.53 Å². The molecule has 2 aliphatic rings. The third-order valence-electron chi connectivity index (χ3n) is 3.30. The van der Waals surface area contributed by atoms with Gasteiger partial charge in [-0.05, 0) is 12.8 Å². The standard InChI is InChI=1S/C10H17NO2/c1-2-9(12)11-5-3-10(4-6-11)7-13-8-10/h2-8H2,1H3. The number of amides is 1. The number of nitrogens with zero attached hydrogens (tertiary/aromatic N) is 1. The molecule has 1 spiro atoms. The Balaban J connectivity index is 1.85. The molecule has 2 heterocycles. The van der Waals surface area contributed by atoms with Crippen molar-refractivity contribution in [2.24, 2.45) is 5.41 Å². The van der Waals surface area contributed by atoms with E-state index in [9.17, 15) is 4.79 Å². The van der Waals surface area contributed by atoms with E-state index in [4.69, 9.17) is 4.74 Å². The lowest BCUT2D eigenvalue weighted by molar-refractivity contribution is -0.152. The van der Waals surface area contributed by atoms with Crippen LogP contribution >= 0.6 is 0 Å². The van der Waals surface area contributed by atoms with Crippen LogP contribution in [0, 0.1) is 5.41 Å². The molecule has 0 aromatic carbocycles. The van der Waals surface area contributed by atoms with E-state index in [0.29, 0.717) is 17.7 Å². The Morgan fingerprint density at radius 1 is 1.38 bits per heavy atom. The first kappa shape index (κ1) is 9.00. The first-order chi connectivity index (χ1) is 6.26. The van der Waals surface area contributed by atoms with Crippen LogP contribution < -0.4 is 0 Å². The molecule has 74 valence electrons. The normalized spacial score (nSPS) is 25.8. The second-order valence-corrected chi connectivity index (χ2v) is 4.23. The highest BCUT2D eigenvalue weighted by Gasteiger charge is 2.41. The quantitative estimate of drug-likeness (QED) is 0.608. The van der Waals surface area contributed by atoms with Crippen LogP contribution in [0.25, 0.3) is 0 Å². The Kier molecular flexibility index (Phi) is 2.28. The zero-order valence-electron chi connectivity index (χ0n) is 8.21. The molecule has 3 nitrogen and oxygen atoms in total. The molecule has 2 aliphatic heterocycles. The smallest absolute Gasteiger partial charge is 0.222 e. The summed E-state index contributed by atoms with van der Waals surface area (Å²) >= 11 is 0. The van der Waals surface area contributed by atoms with E-state index in [-0.39, 0.29) is 0 Å². The predicted molar refractivity (Wildman–Crippen MR) is 49.4 cm³/mol. The van der Waals surface area contributed by atoms with Gasteiger partial charge in [0.2, 0.25) is 5.91 Å². The van der Waals surface area contributed by atoms with Crippen molar-refractivity contribution in [3.05, 3.63) is 0 Å². The third-order valence-corrected chi connectivity index (χ3v) is 3.30. The molecule has 0 unspecified atom stereocenters. The molecule has 0 bridgehead atoms. The summed E-state index contributed by atoms with van der Waals surface area (Å²) < 4.78 is 5.23. The number of hydrogen-bond acceptors (Lipinski definition) is 2. The number of ether oxygens (including phenoxy) is 1. The van der Waals surface area contributed by atoms with Crippen LogP contribution in [0.15, 0.2) is 0 Å². The summed E-state index contributed by atoms with van der Waals surface area (Å²) in [5, 5.41) is 0. The van der Waals surface area contributed by atoms with Crippen molar-refractivity contribution in [3.63, 3.8) is 0 Å². The van der Waals surface area contributed by atoms with Crippen molar-refractivity contribution in [3.8, 4) is 0 Å². The molecule has 2 rings (SSSR count). The number of carbonyl (C=O) groups excluding carboxylic acids is 1. The lowest BCUT2D eigenvalue weighted by Crippen LogP contribution is -2.51. The van der Waals surface area contributed by atoms with Gasteiger partial charge in [-0.15, -0.1) is 0 Å². The van der Waals surface area contributed by atoms with E-state index in [2.05, 4.69) is 0 Å². The summed E-state index contributed by atoms with van der Waals surface area (Å²) in [6, 6.07) is 0. The number of likely N-dealkylation sites (tertiary alicyclic amines) is 1. The topological polar surface area (TPSA) is 29.5 Å². The van der Waals surface area contributed by atoms with Gasteiger partial charge in [0, 0.05) is 24.9 Å². The highest BCUT2D eigenvalue weighted by atomic mass is 16.5. The van der Waals surface area contributed by atoms with Crippen LogP contribution in [0.1, 0.15) is 26.2 Å². The average Bonchev–Trinajstić information content (AvgIpc) is 2.14. The number of carbonyl (C=O) groups is 1. The van der Waals surface area contributed by atoms with Gasteiger partial charge in [0.15, 0.2) is 0 Å². The average molecular weight is 183 g/mol. The van der Waals surface area contributed by atoms with Crippen molar-refractivity contribution in [1.82, 2.24) is 4.90 Å². The number of hydrogen-bond donors (Lipinski definition) is 0. The zero-order chi connectivity index (χ0) is 9.31. The van der Waals surface area contributed by atoms with E-state index in [1.54, 1.807) is 0 Å². The van der Waals surface area contributed by atoms with Gasteiger partial charge in [-0.25, -0.2) is 0 Å². The maximum Gasteiger partial charge on any atom is 0.222 e. The predicted octanol–water partition coefficient (Wildman–Crippen LogP) is 1.04. The van der Waals surface area contributed by atoms with Gasteiger partial charge in [0.1, 0.15) is 0 Å². The molecule has 0 N–H and O–H groups in total. The Bertz CT molecular complexity index is 201. The SMILES string of the molecule is CCC(=O)N1CCC2(CC1)COC2. The number of rotatable bonds is 1. The molecule has 0 radical (unpaired) electrons. The maximum atomic E-state index is 11.4. The minimum Gasteiger partial charge on any atom is -0.380 e. The largest absolute Gasteiger partial charge is 0.380 e. The lowest BCUT2D eigenvalue weighted by Gasteiger charge is -2.47. The van der Waals surface area contributed by atoms with Crippen molar-refractivity contribution in [2.45, 2.75) is 26.2 Å². The first-order valence-electron chi connectivity index (χ1n) is 5.11. The molecule has 0 aliphatic carbocycles. The molecule has 0 aromatic rings. The van der Waals surface area contributed by atoms with E-state index < -0.39 is 0 Å². The van der Waals surface area contributed by atoms with Crippen LogP contribution in [0.4, 0.5) is 0 Å². The van der Waals surface area contributed by atoms with Crippen LogP contribution in [-0.4, -0.2) is 37.1 Å². The van der Waals surface area contributed by atoms with Crippen molar-refractivity contribution in [1.29, 1.82) is 0 Å². The highest BCUT2D eigenvalue weighted by molar-refractivity contribution is 5.75. The molecular weight excluding hydrogens is 166 g/mol. The van der Waals surface area contributed by atoms with Crippen molar-refractivity contribution >= 4 is 5.91 Å². The fraction of sp³-hybridized carbons (Fsp3) is 0.900. The fourth-order valence-corrected chi connectivity index (χ4v) is 2.13. The van der Waals surface area contributed by atoms with Crippen LogP contribution in [0.2, 0.25) is 0 Å². The molecule has 2 fully saturated rings. The highest BCUT2D eigenvalue weighted by Crippen LogP contribution is 2.38. The van der Waals surface area contributed by atoms with E-state index in [0.717, 1.165) is 39.1 Å². The molecule has 0 atom stereocenters. The van der Waals surface area contributed by atoms with E-state index in [1.165, 1.54) is 0 Å². The minimum absolute atomic E-state index is 0.301. The second-order valence-electron chi connectivity index (χ2n) is 4.23. The Morgan fingerprint density at radius 3 is 2.38 bits per heavy atom. The summed E-state index contributed by atoms with van der Waals surface area (Å²) in [6.45, 7) is 5.65. The Hall–Kier alpha value is -0.570. The summed E-state index contributed by atoms with van der Waals surface area (Å²) in [6.07, 6.45) is 2.92. The van der Waals surface area contributed by atoms with Crippen LogP contribution in [0.5, 0.6) is 0 Å². The summed E-state index contributed by atoms with van der Waals surface area (Å²) in [4.78, 5) is 13.4. The van der Waals surface area contributed by atoms with Crippen molar-refractivity contribution in [2.75, 3.05) is 26.3 Å². The van der Waals surface area contributed by atoms with Gasteiger partial charge in [-0.2, -0.15) is 0 Å². The van der Waals surface area contributed by atoms with Gasteiger partial charge in [-0.1, -0.05) is 6.92 Å². The maximum absolute atomic E-state index is 11.4. The van der Waals surface area contributed by atoms with Gasteiger partial charge < -0.3 is 9.64 Å². The lowest BCUT2D eigenvalue weighted by atomic mass is 9.77. The molecule has 1 amide bonds. The molecule has 3 heteroatoms. The summed E-state index contributed by atoms with van der Waals surface area (Å²) in [5.41, 5.74) is 0.449. The second kappa shape index (κ2) is 3.29. The summed E-state index contributed by atoms with van der Waals surface area (Å²) in [7, 11) is 0. The van der Waals surface area contributed by atoms with E-state index in [1.807, 2.05) is 11.8 Å². The van der Waals surface area contributed by atoms with Gasteiger partial charge in [0.05, 0.1) is 13.2 Å².